The van der Waals surface area contributed by atoms with E-state index in [4.69, 9.17) is 4.74 Å². The van der Waals surface area contributed by atoms with Crippen molar-refractivity contribution < 1.29 is 17.4 Å². The van der Waals surface area contributed by atoms with Gasteiger partial charge in [-0.1, -0.05) is 19.1 Å². The number of hydrogen-bond acceptors (Lipinski definition) is 5. The van der Waals surface area contributed by atoms with E-state index in [1.54, 1.807) is 7.11 Å². The van der Waals surface area contributed by atoms with Crippen molar-refractivity contribution in [2.45, 2.75) is 13.0 Å². The normalized spacial score (nSPS) is 14.6. The first-order valence-electron chi connectivity index (χ1n) is 6.75. The SMILES string of the molecule is CCNC(CS(=O)CCS(C)(=O)=O)c1ccc(OC)cc1. The predicted octanol–water partition coefficient (Wildman–Crippen LogP) is 1.14. The van der Waals surface area contributed by atoms with E-state index in [1.165, 1.54) is 0 Å². The standard InChI is InChI=1S/C14H23NO4S2/c1-4-15-14(11-20(16)9-10-21(3,17)18)12-5-7-13(19-2)8-6-12/h5-8,14-15H,4,9-11H2,1-3H3. The number of rotatable bonds is 9. The van der Waals surface area contributed by atoms with Gasteiger partial charge in [-0.3, -0.25) is 4.21 Å². The molecule has 1 aromatic carbocycles. The van der Waals surface area contributed by atoms with Crippen LogP contribution in [-0.2, 0) is 20.6 Å². The molecule has 0 spiro atoms. The third-order valence-electron chi connectivity index (χ3n) is 3.00. The Bertz CT molecular complexity index is 555. The third kappa shape index (κ3) is 7.06. The molecule has 0 aromatic heterocycles. The highest BCUT2D eigenvalue weighted by atomic mass is 32.2. The van der Waals surface area contributed by atoms with Crippen LogP contribution in [0.3, 0.4) is 0 Å². The Morgan fingerprint density at radius 3 is 2.38 bits per heavy atom. The highest BCUT2D eigenvalue weighted by Gasteiger charge is 2.15. The second-order valence-electron chi connectivity index (χ2n) is 4.82. The van der Waals surface area contributed by atoms with Gasteiger partial charge in [0.2, 0.25) is 0 Å². The monoisotopic (exact) mass is 333 g/mol. The van der Waals surface area contributed by atoms with Crippen LogP contribution >= 0.6 is 0 Å². The largest absolute Gasteiger partial charge is 0.497 e. The van der Waals surface area contributed by atoms with E-state index < -0.39 is 20.6 Å². The van der Waals surface area contributed by atoms with Gasteiger partial charge in [0.1, 0.15) is 15.6 Å². The molecular formula is C14H23NO4S2. The molecule has 0 aliphatic carbocycles. The average Bonchev–Trinajstić information content (AvgIpc) is 2.44. The van der Waals surface area contributed by atoms with Crippen LogP contribution in [0.25, 0.3) is 0 Å². The Kier molecular flexibility index (Phi) is 7.34. The van der Waals surface area contributed by atoms with Gasteiger partial charge in [-0.2, -0.15) is 0 Å². The van der Waals surface area contributed by atoms with Crippen molar-refractivity contribution in [3.8, 4) is 5.75 Å². The minimum atomic E-state index is -3.07. The van der Waals surface area contributed by atoms with Crippen molar-refractivity contribution in [3.05, 3.63) is 29.8 Å². The molecular weight excluding hydrogens is 310 g/mol. The molecule has 5 nitrogen and oxygen atoms in total. The molecule has 120 valence electrons. The third-order valence-corrected chi connectivity index (χ3v) is 5.57. The lowest BCUT2D eigenvalue weighted by atomic mass is 10.1. The second kappa shape index (κ2) is 8.51. The van der Waals surface area contributed by atoms with Gasteiger partial charge in [-0.25, -0.2) is 8.42 Å². The van der Waals surface area contributed by atoms with Crippen molar-refractivity contribution in [1.82, 2.24) is 5.32 Å². The molecule has 0 aliphatic heterocycles. The number of methoxy groups -OCH3 is 1. The second-order valence-corrected chi connectivity index (χ2v) is 8.70. The van der Waals surface area contributed by atoms with Gasteiger partial charge in [-0.05, 0) is 24.2 Å². The highest BCUT2D eigenvalue weighted by Crippen LogP contribution is 2.18. The molecule has 2 atom stereocenters. The molecule has 1 aromatic rings. The van der Waals surface area contributed by atoms with Crippen LogP contribution in [0.1, 0.15) is 18.5 Å². The molecule has 0 bridgehead atoms. The van der Waals surface area contributed by atoms with Gasteiger partial charge < -0.3 is 10.1 Å². The van der Waals surface area contributed by atoms with Crippen molar-refractivity contribution in [1.29, 1.82) is 0 Å². The Hall–Kier alpha value is -0.920. The maximum Gasteiger partial charge on any atom is 0.148 e. The van der Waals surface area contributed by atoms with E-state index in [1.807, 2.05) is 31.2 Å². The molecule has 0 radical (unpaired) electrons. The van der Waals surface area contributed by atoms with Gasteiger partial charge in [0.25, 0.3) is 0 Å². The molecule has 0 amide bonds. The first-order chi connectivity index (χ1) is 9.85. The summed E-state index contributed by atoms with van der Waals surface area (Å²) in [6.07, 6.45) is 1.16. The van der Waals surface area contributed by atoms with Gasteiger partial charge in [-0.15, -0.1) is 0 Å². The van der Waals surface area contributed by atoms with Crippen LogP contribution in [0, 0.1) is 0 Å². The van der Waals surface area contributed by atoms with Gasteiger partial charge in [0.15, 0.2) is 0 Å². The topological polar surface area (TPSA) is 72.5 Å². The van der Waals surface area contributed by atoms with E-state index in [0.717, 1.165) is 24.1 Å². The smallest absolute Gasteiger partial charge is 0.148 e. The summed E-state index contributed by atoms with van der Waals surface area (Å²) >= 11 is 0. The lowest BCUT2D eigenvalue weighted by Crippen LogP contribution is -2.27. The predicted molar refractivity (Wildman–Crippen MR) is 87.0 cm³/mol. The van der Waals surface area contributed by atoms with Crippen LogP contribution in [0.15, 0.2) is 24.3 Å². The van der Waals surface area contributed by atoms with Crippen LogP contribution in [-0.4, -0.2) is 49.8 Å². The van der Waals surface area contributed by atoms with E-state index in [9.17, 15) is 12.6 Å². The van der Waals surface area contributed by atoms with E-state index in [0.29, 0.717) is 5.75 Å². The zero-order valence-corrected chi connectivity index (χ0v) is 14.3. The first-order valence-corrected chi connectivity index (χ1v) is 10.3. The van der Waals surface area contributed by atoms with Crippen molar-refractivity contribution in [2.24, 2.45) is 0 Å². The summed E-state index contributed by atoms with van der Waals surface area (Å²) in [5.74, 6) is 1.31. The van der Waals surface area contributed by atoms with Crippen LogP contribution in [0.2, 0.25) is 0 Å². The average molecular weight is 333 g/mol. The fourth-order valence-corrected chi connectivity index (χ4v) is 4.67. The molecule has 0 heterocycles. The van der Waals surface area contributed by atoms with Gasteiger partial charge >= 0.3 is 0 Å². The summed E-state index contributed by atoms with van der Waals surface area (Å²) in [7, 11) is -2.64. The number of sulfone groups is 1. The van der Waals surface area contributed by atoms with Crippen molar-refractivity contribution in [2.75, 3.05) is 37.2 Å². The number of hydrogen-bond donors (Lipinski definition) is 1. The first kappa shape index (κ1) is 18.1. The number of nitrogens with one attached hydrogen (secondary N) is 1. The van der Waals surface area contributed by atoms with Crippen molar-refractivity contribution in [3.63, 3.8) is 0 Å². The summed E-state index contributed by atoms with van der Waals surface area (Å²) in [6.45, 7) is 2.73. The maximum atomic E-state index is 12.1. The summed E-state index contributed by atoms with van der Waals surface area (Å²) in [6, 6.07) is 7.53. The lowest BCUT2D eigenvalue weighted by Gasteiger charge is -2.18. The van der Waals surface area contributed by atoms with Crippen LogP contribution in [0.4, 0.5) is 0 Å². The summed E-state index contributed by atoms with van der Waals surface area (Å²) in [4.78, 5) is 0. The molecule has 0 aliphatic rings. The van der Waals surface area contributed by atoms with Crippen LogP contribution in [0.5, 0.6) is 5.75 Å². The highest BCUT2D eigenvalue weighted by molar-refractivity contribution is 7.92. The Labute approximate surface area is 129 Å². The fourth-order valence-electron chi connectivity index (χ4n) is 1.87. The summed E-state index contributed by atoms with van der Waals surface area (Å²) in [5.41, 5.74) is 1.02. The van der Waals surface area contributed by atoms with E-state index in [-0.39, 0.29) is 17.5 Å². The Morgan fingerprint density at radius 1 is 1.29 bits per heavy atom. The Morgan fingerprint density at radius 2 is 1.90 bits per heavy atom. The summed E-state index contributed by atoms with van der Waals surface area (Å²) in [5, 5.41) is 3.28. The molecule has 1 rings (SSSR count). The zero-order chi connectivity index (χ0) is 15.9. The molecule has 0 saturated carbocycles. The van der Waals surface area contributed by atoms with Gasteiger partial charge in [0, 0.05) is 34.6 Å². The molecule has 2 unspecified atom stereocenters. The summed E-state index contributed by atoms with van der Waals surface area (Å²) < 4.78 is 39.4. The maximum absolute atomic E-state index is 12.1. The minimum absolute atomic E-state index is 0.0406. The van der Waals surface area contributed by atoms with Crippen molar-refractivity contribution >= 4 is 20.6 Å². The number of ether oxygens (including phenoxy) is 1. The molecule has 1 N–H and O–H groups in total. The van der Waals surface area contributed by atoms with Gasteiger partial charge in [0.05, 0.1) is 12.9 Å². The quantitative estimate of drug-likeness (QED) is 0.734. The van der Waals surface area contributed by atoms with Crippen LogP contribution < -0.4 is 10.1 Å². The van der Waals surface area contributed by atoms with E-state index >= 15 is 0 Å². The molecule has 21 heavy (non-hydrogen) atoms. The Balaban J connectivity index is 2.70. The fraction of sp³-hybridized carbons (Fsp3) is 0.571. The minimum Gasteiger partial charge on any atom is -0.497 e. The number of benzene rings is 1. The molecule has 0 fully saturated rings. The lowest BCUT2D eigenvalue weighted by molar-refractivity contribution is 0.414. The molecule has 7 heteroatoms. The zero-order valence-electron chi connectivity index (χ0n) is 12.7. The van der Waals surface area contributed by atoms with E-state index in [2.05, 4.69) is 5.32 Å². The molecule has 0 saturated heterocycles.